The molecule has 0 aliphatic heterocycles. The van der Waals surface area contributed by atoms with Crippen LogP contribution in [0.25, 0.3) is 0 Å². The van der Waals surface area contributed by atoms with Gasteiger partial charge in [-0.15, -0.1) is 4.91 Å². The van der Waals surface area contributed by atoms with Crippen LogP contribution in [-0.4, -0.2) is 12.2 Å². The first kappa shape index (κ1) is 19.6. The van der Waals surface area contributed by atoms with Gasteiger partial charge < -0.3 is 0 Å². The number of rotatable bonds is 13. The van der Waals surface area contributed by atoms with E-state index >= 15 is 0 Å². The van der Waals surface area contributed by atoms with Crippen molar-refractivity contribution >= 4 is 0 Å². The van der Waals surface area contributed by atoms with Gasteiger partial charge in [0, 0.05) is 0 Å². The molecule has 22 heavy (non-hydrogen) atoms. The number of hydrogen-bond acceptors (Lipinski definition) is 3. The number of nitroso groups, excluding NO2 is 1. The second-order valence-electron chi connectivity index (χ2n) is 7.15. The minimum absolute atomic E-state index is 0.435. The van der Waals surface area contributed by atoms with Crippen LogP contribution in [0.1, 0.15) is 110 Å². The van der Waals surface area contributed by atoms with Gasteiger partial charge in [0.1, 0.15) is 0 Å². The summed E-state index contributed by atoms with van der Waals surface area (Å²) in [5, 5.41) is 6.93. The fourth-order valence-electron chi connectivity index (χ4n) is 3.55. The molecule has 0 aromatic carbocycles. The lowest BCUT2D eigenvalue weighted by atomic mass is 10.0. The summed E-state index contributed by atoms with van der Waals surface area (Å²) in [5.74, 6) is 0. The van der Waals surface area contributed by atoms with Gasteiger partial charge in [0.2, 0.25) is 0 Å². The Balaban J connectivity index is 1.94. The van der Waals surface area contributed by atoms with Crippen molar-refractivity contribution in [3.05, 3.63) is 4.91 Å². The second kappa shape index (κ2) is 13.0. The second-order valence-corrected chi connectivity index (χ2v) is 7.15. The van der Waals surface area contributed by atoms with E-state index in [0.717, 1.165) is 32.2 Å². The van der Waals surface area contributed by atoms with Crippen LogP contribution in [0.4, 0.5) is 0 Å². The van der Waals surface area contributed by atoms with Crippen molar-refractivity contribution in [2.75, 3.05) is 6.54 Å². The van der Waals surface area contributed by atoms with Gasteiger partial charge in [0.05, 0.1) is 0 Å². The fraction of sp³-hybridized carbons (Fsp3) is 1.00. The van der Waals surface area contributed by atoms with E-state index in [2.05, 4.69) is 17.4 Å². The van der Waals surface area contributed by atoms with Gasteiger partial charge in [-0.05, 0) is 43.8 Å². The average molecular weight is 311 g/mol. The summed E-state index contributed by atoms with van der Waals surface area (Å²) < 4.78 is 0. The van der Waals surface area contributed by atoms with E-state index in [-0.39, 0.29) is 0 Å². The van der Waals surface area contributed by atoms with Crippen molar-refractivity contribution < 1.29 is 0 Å². The number of unbranched alkanes of at least 4 members (excludes halogenated alkanes) is 9. The predicted octanol–water partition coefficient (Wildman–Crippen LogP) is 6.31. The van der Waals surface area contributed by atoms with Crippen molar-refractivity contribution in [1.29, 1.82) is 0 Å². The number of nitrogens with one attached hydrogen (secondary N) is 1. The summed E-state index contributed by atoms with van der Waals surface area (Å²) in [6.45, 7) is 3.23. The maximum absolute atomic E-state index is 11.2. The molecule has 0 heterocycles. The molecule has 0 radical (unpaired) electrons. The van der Waals surface area contributed by atoms with Crippen molar-refractivity contribution in [3.8, 4) is 0 Å². The van der Waals surface area contributed by atoms with Gasteiger partial charge in [-0.2, -0.15) is 0 Å². The number of hydrogen-bond donors (Lipinski definition) is 1. The first-order valence-electron chi connectivity index (χ1n) is 9.92. The lowest BCUT2D eigenvalue weighted by molar-refractivity contribution is 0.292. The van der Waals surface area contributed by atoms with Crippen molar-refractivity contribution in [3.63, 3.8) is 0 Å². The molecule has 0 atom stereocenters. The van der Waals surface area contributed by atoms with Crippen LogP contribution in [0.2, 0.25) is 0 Å². The van der Waals surface area contributed by atoms with E-state index in [0.29, 0.717) is 0 Å². The van der Waals surface area contributed by atoms with E-state index in [1.54, 1.807) is 0 Å². The molecule has 1 rings (SSSR count). The van der Waals surface area contributed by atoms with Crippen LogP contribution in [0.3, 0.4) is 0 Å². The van der Waals surface area contributed by atoms with Crippen LogP contribution in [0.15, 0.2) is 5.18 Å². The minimum atomic E-state index is -0.435. The van der Waals surface area contributed by atoms with Gasteiger partial charge >= 0.3 is 0 Å². The van der Waals surface area contributed by atoms with Gasteiger partial charge in [0.15, 0.2) is 5.66 Å². The monoisotopic (exact) mass is 310 g/mol. The van der Waals surface area contributed by atoms with Crippen molar-refractivity contribution in [2.24, 2.45) is 5.18 Å². The van der Waals surface area contributed by atoms with Gasteiger partial charge in [-0.1, -0.05) is 77.6 Å². The normalized spacial score (nSPS) is 18.0. The summed E-state index contributed by atoms with van der Waals surface area (Å²) in [4.78, 5) is 11.2. The summed E-state index contributed by atoms with van der Waals surface area (Å²) in [6, 6.07) is 0. The molecule has 0 bridgehead atoms. The zero-order valence-corrected chi connectivity index (χ0v) is 14.9. The van der Waals surface area contributed by atoms with Crippen LogP contribution in [-0.2, 0) is 0 Å². The highest BCUT2D eigenvalue weighted by molar-refractivity contribution is 4.86. The van der Waals surface area contributed by atoms with Crippen molar-refractivity contribution in [1.82, 2.24) is 5.32 Å². The fourth-order valence-corrected chi connectivity index (χ4v) is 3.55. The third kappa shape index (κ3) is 8.87. The standard InChI is InChI=1S/C19H38N2O/c1-2-3-4-5-6-7-8-9-12-15-18-20-19(21-22)16-13-10-11-14-17-19/h20H,2-18H2,1H3. The molecule has 3 nitrogen and oxygen atoms in total. The molecule has 0 amide bonds. The molecule has 1 aliphatic carbocycles. The first-order valence-corrected chi connectivity index (χ1v) is 9.92. The third-order valence-corrected chi connectivity index (χ3v) is 5.09. The molecule has 0 aromatic rings. The van der Waals surface area contributed by atoms with Gasteiger partial charge in [-0.25, -0.2) is 0 Å². The Morgan fingerprint density at radius 3 is 1.77 bits per heavy atom. The molecular formula is C19H38N2O. The summed E-state index contributed by atoms with van der Waals surface area (Å²) in [6.07, 6.45) is 20.3. The minimum Gasteiger partial charge on any atom is -0.290 e. The topological polar surface area (TPSA) is 41.5 Å². The van der Waals surface area contributed by atoms with E-state index in [4.69, 9.17) is 0 Å². The van der Waals surface area contributed by atoms with Crippen LogP contribution >= 0.6 is 0 Å². The third-order valence-electron chi connectivity index (χ3n) is 5.09. The predicted molar refractivity (Wildman–Crippen MR) is 96.1 cm³/mol. The Morgan fingerprint density at radius 2 is 1.27 bits per heavy atom. The Hall–Kier alpha value is -0.440. The van der Waals surface area contributed by atoms with E-state index < -0.39 is 5.66 Å². The summed E-state index contributed by atoms with van der Waals surface area (Å²) in [5.41, 5.74) is -0.435. The lowest BCUT2D eigenvalue weighted by Gasteiger charge is -2.26. The zero-order chi connectivity index (χ0) is 15.9. The maximum Gasteiger partial charge on any atom is 0.152 e. The SMILES string of the molecule is CCCCCCCCCCCCNC1(N=O)CCCCCC1. The molecular weight excluding hydrogens is 272 g/mol. The quantitative estimate of drug-likeness (QED) is 0.246. The molecule has 1 N–H and O–H groups in total. The highest BCUT2D eigenvalue weighted by Gasteiger charge is 2.31. The Kier molecular flexibility index (Phi) is 11.6. The molecule has 0 unspecified atom stereocenters. The maximum atomic E-state index is 11.2. The smallest absolute Gasteiger partial charge is 0.152 e. The Morgan fingerprint density at radius 1 is 0.773 bits per heavy atom. The molecule has 0 saturated heterocycles. The Bertz CT molecular complexity index is 260. The average Bonchev–Trinajstić information content (AvgIpc) is 2.79. The molecule has 1 aliphatic rings. The van der Waals surface area contributed by atoms with Gasteiger partial charge in [0.25, 0.3) is 0 Å². The zero-order valence-electron chi connectivity index (χ0n) is 14.9. The van der Waals surface area contributed by atoms with Crippen LogP contribution < -0.4 is 5.32 Å². The highest BCUT2D eigenvalue weighted by Crippen LogP contribution is 2.28. The van der Waals surface area contributed by atoms with E-state index in [9.17, 15) is 4.91 Å². The van der Waals surface area contributed by atoms with E-state index in [1.165, 1.54) is 77.0 Å². The lowest BCUT2D eigenvalue weighted by Crippen LogP contribution is -2.43. The summed E-state index contributed by atoms with van der Waals surface area (Å²) >= 11 is 0. The summed E-state index contributed by atoms with van der Waals surface area (Å²) in [7, 11) is 0. The molecule has 130 valence electrons. The van der Waals surface area contributed by atoms with Crippen molar-refractivity contribution in [2.45, 2.75) is 115 Å². The molecule has 0 spiro atoms. The number of nitrogens with zero attached hydrogens (tertiary/aromatic N) is 1. The largest absolute Gasteiger partial charge is 0.290 e. The molecule has 1 fully saturated rings. The molecule has 0 aromatic heterocycles. The van der Waals surface area contributed by atoms with Crippen LogP contribution in [0, 0.1) is 4.91 Å². The Labute approximate surface area is 138 Å². The molecule has 3 heteroatoms. The molecule has 1 saturated carbocycles. The van der Waals surface area contributed by atoms with Gasteiger partial charge in [-0.3, -0.25) is 5.32 Å². The highest BCUT2D eigenvalue weighted by atomic mass is 16.3. The van der Waals surface area contributed by atoms with Crippen LogP contribution in [0.5, 0.6) is 0 Å². The first-order chi connectivity index (χ1) is 10.8. The van der Waals surface area contributed by atoms with E-state index in [1.807, 2.05) is 0 Å².